The van der Waals surface area contributed by atoms with Gasteiger partial charge in [-0.05, 0) is 122 Å². The van der Waals surface area contributed by atoms with Gasteiger partial charge in [0.15, 0.2) is 6.10 Å². The normalized spacial score (nSPS) is 14.2. The number of unbranched alkanes of at least 4 members (excludes halogenated alkanes) is 17. The first-order valence-corrected chi connectivity index (χ1v) is 32.6. The van der Waals surface area contributed by atoms with Crippen molar-refractivity contribution >= 4 is 25.7 Å². The molecule has 0 aromatic carbocycles. The number of aliphatic hydroxyl groups excluding tert-OH is 1. The molecular weight excluding hydrogens is 1020 g/mol. The van der Waals surface area contributed by atoms with Crippen LogP contribution in [0.2, 0.25) is 0 Å². The van der Waals surface area contributed by atoms with Crippen LogP contribution in [0.3, 0.4) is 0 Å². The predicted molar refractivity (Wildman–Crippen MR) is 334 cm³/mol. The third kappa shape index (κ3) is 58.3. The number of aliphatic hydroxyl groups is 1. The number of hydrogen-bond acceptors (Lipinski definition) is 10. The van der Waals surface area contributed by atoms with Gasteiger partial charge in [0, 0.05) is 19.3 Å². The summed E-state index contributed by atoms with van der Waals surface area (Å²) in [7, 11) is -4.79. The Hall–Kier alpha value is -4.38. The number of ether oxygens (including phenoxy) is 3. The zero-order valence-corrected chi connectivity index (χ0v) is 51.1. The van der Waals surface area contributed by atoms with Crippen molar-refractivity contribution in [2.24, 2.45) is 0 Å². The molecule has 12 heteroatoms. The minimum Gasteiger partial charge on any atom is -0.462 e. The molecule has 0 aromatic rings. The number of hydrogen-bond donors (Lipinski definition) is 2. The Morgan fingerprint density at radius 1 is 0.362 bits per heavy atom. The fraction of sp³-hybridized carbons (Fsp3) is 0.632. The number of carbonyl (C=O) groups is 3. The van der Waals surface area contributed by atoms with Crippen LogP contribution in [0.4, 0.5) is 0 Å². The monoisotopic (exact) mass is 1130 g/mol. The second-order valence-electron chi connectivity index (χ2n) is 20.1. The third-order valence-electron chi connectivity index (χ3n) is 12.5. The minimum atomic E-state index is -4.79. The van der Waals surface area contributed by atoms with E-state index in [2.05, 4.69) is 136 Å². The van der Waals surface area contributed by atoms with Crippen LogP contribution in [0.25, 0.3) is 0 Å². The Balaban J connectivity index is 4.85. The molecule has 0 heterocycles. The first-order chi connectivity index (χ1) is 39.2. The molecule has 0 aliphatic heterocycles. The average molecular weight is 1140 g/mol. The summed E-state index contributed by atoms with van der Waals surface area (Å²) in [5.41, 5.74) is 0. The van der Waals surface area contributed by atoms with Crippen LogP contribution in [0.1, 0.15) is 239 Å². The van der Waals surface area contributed by atoms with E-state index in [1.165, 1.54) is 83.5 Å². The van der Waals surface area contributed by atoms with Gasteiger partial charge in [-0.2, -0.15) is 0 Å². The number of carbonyl (C=O) groups excluding carboxylic acids is 3. The van der Waals surface area contributed by atoms with Crippen LogP contribution in [0.15, 0.2) is 134 Å². The summed E-state index contributed by atoms with van der Waals surface area (Å²) < 4.78 is 39.5. The van der Waals surface area contributed by atoms with Crippen LogP contribution in [-0.4, -0.2) is 66.5 Å². The molecule has 0 aliphatic rings. The van der Waals surface area contributed by atoms with E-state index < -0.39 is 57.8 Å². The van der Waals surface area contributed by atoms with Gasteiger partial charge >= 0.3 is 25.7 Å². The number of rotatable bonds is 56. The van der Waals surface area contributed by atoms with Crippen molar-refractivity contribution in [3.8, 4) is 0 Å². The Labute approximate surface area is 487 Å². The molecule has 3 atom stereocenters. The molecule has 0 aromatic heterocycles. The van der Waals surface area contributed by atoms with E-state index in [1.54, 1.807) is 0 Å². The molecule has 0 saturated carbocycles. The van der Waals surface area contributed by atoms with E-state index in [0.29, 0.717) is 32.1 Å². The van der Waals surface area contributed by atoms with Gasteiger partial charge in [-0.1, -0.05) is 231 Å². The highest BCUT2D eigenvalue weighted by atomic mass is 31.2. The molecule has 0 radical (unpaired) electrons. The van der Waals surface area contributed by atoms with E-state index in [4.69, 9.17) is 23.3 Å². The van der Waals surface area contributed by atoms with Crippen molar-refractivity contribution in [1.29, 1.82) is 0 Å². The first-order valence-electron chi connectivity index (χ1n) is 31.1. The third-order valence-corrected chi connectivity index (χ3v) is 13.5. The summed E-state index contributed by atoms with van der Waals surface area (Å²) in [4.78, 5) is 48.7. The molecule has 0 fully saturated rings. The molecular formula is C68H111O11P. The number of allylic oxidation sites excluding steroid dienone is 22. The summed E-state index contributed by atoms with van der Waals surface area (Å²) in [5, 5.41) is 9.83. The Morgan fingerprint density at radius 3 is 1.06 bits per heavy atom. The molecule has 3 unspecified atom stereocenters. The minimum absolute atomic E-state index is 0.0884. The molecule has 80 heavy (non-hydrogen) atoms. The average Bonchev–Trinajstić information content (AvgIpc) is 3.45. The fourth-order valence-electron chi connectivity index (χ4n) is 7.89. The van der Waals surface area contributed by atoms with Crippen molar-refractivity contribution in [1.82, 2.24) is 0 Å². The standard InChI is InChI=1S/C68H111O11P/c1-4-7-10-13-16-19-22-25-28-31-32-35-38-41-44-47-50-53-56-59-68(72)79-65(61-75-66(70)57-54-51-48-45-42-39-36-33-29-26-23-20-17-14-11-8-5-2)63-77-80(73,74)76-62-64(60-69)78-67(71)58-55-52-49-46-43-40-37-34-30-27-24-21-18-15-12-9-6-3/h8-9,11-12,17-18,20-21,25-30,36-37,39-40,45-46,48-49,64-65,69H,4-7,10,13-16,19,22-24,31-35,38,41-44,47,50-63H2,1-3H3,(H,73,74)/b11-8-,12-9-,20-17-,21-18-,28-25-,29-26-,30-27-,39-36-,40-37-,48-45-,49-46-. The van der Waals surface area contributed by atoms with Crippen LogP contribution in [0.5, 0.6) is 0 Å². The maximum atomic E-state index is 12.9. The van der Waals surface area contributed by atoms with Gasteiger partial charge in [0.2, 0.25) is 0 Å². The maximum Gasteiger partial charge on any atom is 0.472 e. The van der Waals surface area contributed by atoms with Crippen molar-refractivity contribution in [2.45, 2.75) is 251 Å². The second-order valence-corrected chi connectivity index (χ2v) is 21.6. The molecule has 0 spiro atoms. The highest BCUT2D eigenvalue weighted by Crippen LogP contribution is 2.43. The summed E-state index contributed by atoms with van der Waals surface area (Å²) >= 11 is 0. The highest BCUT2D eigenvalue weighted by molar-refractivity contribution is 7.47. The number of phosphoric ester groups is 1. The number of phosphoric acid groups is 1. The quantitative estimate of drug-likeness (QED) is 0.0197. The summed E-state index contributed by atoms with van der Waals surface area (Å²) in [6.07, 6.45) is 77.1. The van der Waals surface area contributed by atoms with E-state index in [-0.39, 0.29) is 25.9 Å². The van der Waals surface area contributed by atoms with E-state index in [1.807, 2.05) is 18.2 Å². The molecule has 0 bridgehead atoms. The summed E-state index contributed by atoms with van der Waals surface area (Å²) in [6, 6.07) is 0. The van der Waals surface area contributed by atoms with Crippen molar-refractivity contribution in [2.75, 3.05) is 26.4 Å². The van der Waals surface area contributed by atoms with Gasteiger partial charge < -0.3 is 24.2 Å². The lowest BCUT2D eigenvalue weighted by molar-refractivity contribution is -0.161. The lowest BCUT2D eigenvalue weighted by atomic mass is 10.1. The highest BCUT2D eigenvalue weighted by Gasteiger charge is 2.28. The van der Waals surface area contributed by atoms with Crippen LogP contribution >= 0.6 is 7.82 Å². The zero-order chi connectivity index (χ0) is 58.3. The molecule has 11 nitrogen and oxygen atoms in total. The van der Waals surface area contributed by atoms with E-state index in [9.17, 15) is 28.9 Å². The maximum absolute atomic E-state index is 12.9. The zero-order valence-electron chi connectivity index (χ0n) is 50.2. The van der Waals surface area contributed by atoms with Crippen molar-refractivity contribution < 1.29 is 52.2 Å². The smallest absolute Gasteiger partial charge is 0.462 e. The number of esters is 3. The van der Waals surface area contributed by atoms with Crippen LogP contribution in [0, 0.1) is 0 Å². The topological polar surface area (TPSA) is 155 Å². The van der Waals surface area contributed by atoms with Gasteiger partial charge in [0.05, 0.1) is 19.8 Å². The largest absolute Gasteiger partial charge is 0.472 e. The Bertz CT molecular complexity index is 1850. The summed E-state index contributed by atoms with van der Waals surface area (Å²) in [6.45, 7) is 4.29. The van der Waals surface area contributed by atoms with Crippen LogP contribution in [-0.2, 0) is 42.2 Å². The van der Waals surface area contributed by atoms with Gasteiger partial charge in [-0.15, -0.1) is 0 Å². The fourth-order valence-corrected chi connectivity index (χ4v) is 8.68. The van der Waals surface area contributed by atoms with E-state index >= 15 is 0 Å². The SMILES string of the molecule is CC/C=C\C/C=C\C/C=C\C/C=C\C/C=C\CCCC(=O)OCC(COP(=O)(O)OCC(CO)OC(=O)CCC/C=C\C/C=C\C/C=C\C/C=C\C/C=C\CC)OC(=O)CCCCCCCCCCC/C=C\CCCCCCCC. The molecule has 0 saturated heterocycles. The van der Waals surface area contributed by atoms with E-state index in [0.717, 1.165) is 83.5 Å². The van der Waals surface area contributed by atoms with Gasteiger partial charge in [0.1, 0.15) is 12.7 Å². The van der Waals surface area contributed by atoms with Crippen LogP contribution < -0.4 is 0 Å². The lowest BCUT2D eigenvalue weighted by Crippen LogP contribution is -2.30. The molecule has 0 rings (SSSR count). The predicted octanol–water partition coefficient (Wildman–Crippen LogP) is 18.9. The molecule has 0 amide bonds. The first kappa shape index (κ1) is 75.6. The molecule has 0 aliphatic carbocycles. The van der Waals surface area contributed by atoms with Gasteiger partial charge in [-0.3, -0.25) is 23.4 Å². The van der Waals surface area contributed by atoms with Crippen molar-refractivity contribution in [3.05, 3.63) is 134 Å². The van der Waals surface area contributed by atoms with Crippen molar-refractivity contribution in [3.63, 3.8) is 0 Å². The van der Waals surface area contributed by atoms with Gasteiger partial charge in [-0.25, -0.2) is 4.57 Å². The Morgan fingerprint density at radius 2 is 0.662 bits per heavy atom. The summed E-state index contributed by atoms with van der Waals surface area (Å²) in [5.74, 6) is -1.61. The van der Waals surface area contributed by atoms with Gasteiger partial charge in [0.25, 0.3) is 0 Å². The second kappa shape index (κ2) is 60.7. The molecule has 454 valence electrons. The molecule has 2 N–H and O–H groups in total. The Kier molecular flexibility index (Phi) is 57.4. The lowest BCUT2D eigenvalue weighted by Gasteiger charge is -2.21.